The number of rotatable bonds is 3. The van der Waals surface area contributed by atoms with Gasteiger partial charge < -0.3 is 14.6 Å². The number of fused-ring (bicyclic) bond motifs is 1. The van der Waals surface area contributed by atoms with Crippen molar-refractivity contribution in [2.45, 2.75) is 19.3 Å². The number of carboxylic acids is 1. The molecule has 0 saturated heterocycles. The Morgan fingerprint density at radius 2 is 1.91 bits per heavy atom. The first kappa shape index (κ1) is 15.3. The minimum Gasteiger partial charge on any atom is -0.490 e. The van der Waals surface area contributed by atoms with Crippen LogP contribution in [0.2, 0.25) is 0 Å². The maximum atomic E-state index is 14.0. The van der Waals surface area contributed by atoms with Gasteiger partial charge in [-0.3, -0.25) is 5.10 Å². The third kappa shape index (κ3) is 2.96. The van der Waals surface area contributed by atoms with Gasteiger partial charge in [0.15, 0.2) is 11.5 Å². The lowest BCUT2D eigenvalue weighted by molar-refractivity contribution is 0.0178. The van der Waals surface area contributed by atoms with Crippen LogP contribution in [0.4, 0.5) is 8.78 Å². The molecular formula is C15H14F2N2O4. The van der Waals surface area contributed by atoms with Gasteiger partial charge in [-0.25, -0.2) is 13.6 Å². The number of H-pyrrole nitrogens is 1. The molecule has 0 atom stereocenters. The summed E-state index contributed by atoms with van der Waals surface area (Å²) in [6.07, 6.45) is 0.646. The van der Waals surface area contributed by atoms with E-state index in [0.717, 1.165) is 6.92 Å². The smallest absolute Gasteiger partial charge is 0.353 e. The maximum absolute atomic E-state index is 14.0. The number of ether oxygens (including phenoxy) is 2. The summed E-state index contributed by atoms with van der Waals surface area (Å²) in [7, 11) is 0. The Morgan fingerprint density at radius 3 is 2.48 bits per heavy atom. The minimum absolute atomic E-state index is 0.102. The second-order valence-electron chi connectivity index (χ2n) is 5.26. The van der Waals surface area contributed by atoms with Gasteiger partial charge in [0.1, 0.15) is 5.69 Å². The van der Waals surface area contributed by atoms with Crippen LogP contribution in [0.5, 0.6) is 11.5 Å². The molecule has 0 bridgehead atoms. The van der Waals surface area contributed by atoms with E-state index in [1.807, 2.05) is 0 Å². The lowest BCUT2D eigenvalue weighted by Crippen LogP contribution is -2.10. The summed E-state index contributed by atoms with van der Waals surface area (Å²) in [5.41, 5.74) is -0.275. The molecule has 6 nitrogen and oxygen atoms in total. The molecule has 1 aliphatic heterocycles. The Balaban J connectivity index is 2.16. The van der Waals surface area contributed by atoms with Crippen LogP contribution in [0.1, 0.15) is 29.4 Å². The molecule has 2 heterocycles. The summed E-state index contributed by atoms with van der Waals surface area (Å²) in [5.74, 6) is -3.78. The van der Waals surface area contributed by atoms with E-state index in [4.69, 9.17) is 14.6 Å². The average molecular weight is 324 g/mol. The molecule has 0 fully saturated rings. The molecule has 2 aromatic rings. The molecule has 0 spiro atoms. The molecule has 8 heteroatoms. The Bertz CT molecular complexity index is 752. The van der Waals surface area contributed by atoms with E-state index in [0.29, 0.717) is 25.4 Å². The zero-order chi connectivity index (χ0) is 16.6. The number of benzene rings is 1. The second kappa shape index (κ2) is 5.53. The molecule has 0 aliphatic carbocycles. The van der Waals surface area contributed by atoms with Gasteiger partial charge in [-0.05, 0) is 18.2 Å². The minimum atomic E-state index is -3.15. The van der Waals surface area contributed by atoms with E-state index in [1.165, 1.54) is 18.2 Å². The molecule has 1 aromatic heterocycles. The Morgan fingerprint density at radius 1 is 1.26 bits per heavy atom. The van der Waals surface area contributed by atoms with Crippen molar-refractivity contribution >= 4 is 5.97 Å². The Hall–Kier alpha value is -2.64. The van der Waals surface area contributed by atoms with Crippen molar-refractivity contribution in [3.8, 4) is 22.8 Å². The van der Waals surface area contributed by atoms with E-state index in [-0.39, 0.29) is 28.3 Å². The summed E-state index contributed by atoms with van der Waals surface area (Å²) in [5, 5.41) is 15.1. The molecule has 23 heavy (non-hydrogen) atoms. The number of aromatic nitrogens is 2. The normalized spacial score (nSPS) is 14.4. The van der Waals surface area contributed by atoms with Crippen molar-refractivity contribution in [2.75, 3.05) is 13.2 Å². The van der Waals surface area contributed by atoms with Crippen LogP contribution in [0.15, 0.2) is 18.2 Å². The molecule has 0 saturated carbocycles. The molecule has 2 N–H and O–H groups in total. The first-order valence-corrected chi connectivity index (χ1v) is 6.97. The van der Waals surface area contributed by atoms with Gasteiger partial charge >= 0.3 is 5.97 Å². The number of carbonyl (C=O) groups is 1. The van der Waals surface area contributed by atoms with Gasteiger partial charge in [-0.15, -0.1) is 0 Å². The number of aromatic amines is 1. The number of hydrogen-bond acceptors (Lipinski definition) is 4. The predicted molar refractivity (Wildman–Crippen MR) is 76.2 cm³/mol. The van der Waals surface area contributed by atoms with Crippen LogP contribution < -0.4 is 9.47 Å². The van der Waals surface area contributed by atoms with Gasteiger partial charge in [0.2, 0.25) is 0 Å². The summed E-state index contributed by atoms with van der Waals surface area (Å²) in [6.45, 7) is 1.56. The van der Waals surface area contributed by atoms with E-state index >= 15 is 0 Å². The number of hydrogen-bond donors (Lipinski definition) is 2. The van der Waals surface area contributed by atoms with Crippen molar-refractivity contribution in [3.05, 3.63) is 29.5 Å². The summed E-state index contributed by atoms with van der Waals surface area (Å²) < 4.78 is 38.9. The van der Waals surface area contributed by atoms with Crippen molar-refractivity contribution in [1.82, 2.24) is 10.2 Å². The maximum Gasteiger partial charge on any atom is 0.353 e. The number of halogens is 2. The van der Waals surface area contributed by atoms with Crippen molar-refractivity contribution in [1.29, 1.82) is 0 Å². The Labute approximate surface area is 130 Å². The zero-order valence-electron chi connectivity index (χ0n) is 12.2. The first-order valence-electron chi connectivity index (χ1n) is 6.97. The monoisotopic (exact) mass is 324 g/mol. The molecule has 0 radical (unpaired) electrons. The lowest BCUT2D eigenvalue weighted by Gasteiger charge is -2.18. The third-order valence-corrected chi connectivity index (χ3v) is 3.44. The molecule has 1 aliphatic rings. The number of carboxylic acid groups (broad SMARTS) is 1. The summed E-state index contributed by atoms with van der Waals surface area (Å²) in [4.78, 5) is 10.9. The zero-order valence-corrected chi connectivity index (χ0v) is 12.2. The van der Waals surface area contributed by atoms with Gasteiger partial charge in [0.25, 0.3) is 5.92 Å². The number of alkyl halides is 2. The first-order chi connectivity index (χ1) is 10.9. The fourth-order valence-corrected chi connectivity index (χ4v) is 2.35. The standard InChI is InChI=1S/C15H14F2N2O4/c1-15(16,17)9-6-13-12(22-3-2-4-23-13)5-8(9)10-7-11(14(20)21)19-18-10/h5-7H,2-4H2,1H3,(H,18,19)(H,20,21). The van der Waals surface area contributed by atoms with E-state index in [2.05, 4.69) is 10.2 Å². The molecular weight excluding hydrogens is 310 g/mol. The van der Waals surface area contributed by atoms with Crippen LogP contribution in [-0.4, -0.2) is 34.5 Å². The van der Waals surface area contributed by atoms with Gasteiger partial charge in [0.05, 0.1) is 18.9 Å². The quantitative estimate of drug-likeness (QED) is 0.906. The van der Waals surface area contributed by atoms with Crippen LogP contribution in [-0.2, 0) is 5.92 Å². The highest BCUT2D eigenvalue weighted by atomic mass is 19.3. The molecule has 0 amide bonds. The summed E-state index contributed by atoms with van der Waals surface area (Å²) >= 11 is 0. The molecule has 122 valence electrons. The third-order valence-electron chi connectivity index (χ3n) is 3.44. The Kier molecular flexibility index (Phi) is 3.67. The molecule has 3 rings (SSSR count). The topological polar surface area (TPSA) is 84.4 Å². The second-order valence-corrected chi connectivity index (χ2v) is 5.26. The number of aromatic carboxylic acids is 1. The largest absolute Gasteiger partial charge is 0.490 e. The van der Waals surface area contributed by atoms with Crippen LogP contribution in [0.25, 0.3) is 11.3 Å². The fraction of sp³-hybridized carbons (Fsp3) is 0.333. The highest BCUT2D eigenvalue weighted by Crippen LogP contribution is 2.42. The van der Waals surface area contributed by atoms with Crippen LogP contribution in [0, 0.1) is 0 Å². The highest BCUT2D eigenvalue weighted by Gasteiger charge is 2.31. The van der Waals surface area contributed by atoms with Crippen LogP contribution in [0.3, 0.4) is 0 Å². The number of nitrogens with zero attached hydrogens (tertiary/aromatic N) is 1. The van der Waals surface area contributed by atoms with Crippen molar-refractivity contribution in [2.24, 2.45) is 0 Å². The molecule has 0 unspecified atom stereocenters. The number of nitrogens with one attached hydrogen (secondary N) is 1. The van der Waals surface area contributed by atoms with Crippen molar-refractivity contribution < 1.29 is 28.2 Å². The average Bonchev–Trinajstić information content (AvgIpc) is 2.85. The summed E-state index contributed by atoms with van der Waals surface area (Å²) in [6, 6.07) is 3.84. The van der Waals surface area contributed by atoms with Gasteiger partial charge in [-0.1, -0.05) is 0 Å². The van der Waals surface area contributed by atoms with Gasteiger partial charge in [-0.2, -0.15) is 5.10 Å². The van der Waals surface area contributed by atoms with E-state index < -0.39 is 11.9 Å². The predicted octanol–water partition coefficient (Wildman–Crippen LogP) is 3.05. The SMILES string of the molecule is CC(F)(F)c1cc2c(cc1-c1cc(C(=O)O)[nH]n1)OCCCO2. The molecule has 1 aromatic carbocycles. The lowest BCUT2D eigenvalue weighted by atomic mass is 9.98. The van der Waals surface area contributed by atoms with Crippen molar-refractivity contribution in [3.63, 3.8) is 0 Å². The van der Waals surface area contributed by atoms with Crippen LogP contribution >= 0.6 is 0 Å². The van der Waals surface area contributed by atoms with E-state index in [9.17, 15) is 13.6 Å². The fourth-order valence-electron chi connectivity index (χ4n) is 2.35. The van der Waals surface area contributed by atoms with E-state index in [1.54, 1.807) is 0 Å². The van der Waals surface area contributed by atoms with Gasteiger partial charge in [0, 0.05) is 24.5 Å². The highest BCUT2D eigenvalue weighted by molar-refractivity contribution is 5.87.